The zero-order valence-electron chi connectivity index (χ0n) is 17.2. The van der Waals surface area contributed by atoms with Crippen molar-refractivity contribution in [3.8, 4) is 5.69 Å². The number of amides is 2. The van der Waals surface area contributed by atoms with Crippen LogP contribution in [0, 0.1) is 0 Å². The maximum Gasteiger partial charge on any atom is 0.434 e. The van der Waals surface area contributed by atoms with Crippen LogP contribution in [0.1, 0.15) is 26.4 Å². The van der Waals surface area contributed by atoms with Crippen molar-refractivity contribution in [2.75, 3.05) is 10.6 Å². The van der Waals surface area contributed by atoms with E-state index in [9.17, 15) is 22.8 Å². The van der Waals surface area contributed by atoms with Crippen LogP contribution in [0.15, 0.2) is 73.2 Å². The van der Waals surface area contributed by atoms with Crippen LogP contribution in [0.3, 0.4) is 0 Å². The lowest BCUT2D eigenvalue weighted by Gasteiger charge is -2.15. The van der Waals surface area contributed by atoms with E-state index in [2.05, 4.69) is 25.9 Å². The normalized spacial score (nSPS) is 12.4. The summed E-state index contributed by atoms with van der Waals surface area (Å²) < 4.78 is 43.3. The number of H-pyrrole nitrogens is 1. The average Bonchev–Trinajstić information content (AvgIpc) is 3.41. The lowest BCUT2D eigenvalue weighted by molar-refractivity contribution is -0.143. The number of hydrogen-bond donors (Lipinski definition) is 3. The molecule has 2 aromatic heterocycles. The number of halogens is 3. The fourth-order valence-corrected chi connectivity index (χ4v) is 3.83. The molecule has 3 heterocycles. The summed E-state index contributed by atoms with van der Waals surface area (Å²) in [6.45, 7) is 0. The number of hydrogen-bond acceptors (Lipinski definition) is 4. The van der Waals surface area contributed by atoms with Crippen molar-refractivity contribution in [2.24, 2.45) is 0 Å². The van der Waals surface area contributed by atoms with Gasteiger partial charge in [-0.15, -0.1) is 0 Å². The van der Waals surface area contributed by atoms with Crippen LogP contribution >= 0.6 is 0 Å². The van der Waals surface area contributed by atoms with Gasteiger partial charge in [0.1, 0.15) is 0 Å². The molecule has 2 aromatic carbocycles. The highest BCUT2D eigenvalue weighted by atomic mass is 19.4. The zero-order chi connectivity index (χ0) is 23.9. The number of rotatable bonds is 3. The van der Waals surface area contributed by atoms with Crippen molar-refractivity contribution in [1.29, 1.82) is 0 Å². The number of nitrogens with one attached hydrogen (secondary N) is 3. The first-order valence-corrected chi connectivity index (χ1v) is 10.0. The summed E-state index contributed by atoms with van der Waals surface area (Å²) in [7, 11) is 0. The predicted molar refractivity (Wildman–Crippen MR) is 118 cm³/mol. The van der Waals surface area contributed by atoms with Crippen molar-refractivity contribution in [1.82, 2.24) is 20.0 Å². The van der Waals surface area contributed by atoms with Crippen LogP contribution in [0.2, 0.25) is 0 Å². The smallest absolute Gasteiger partial charge is 0.322 e. The van der Waals surface area contributed by atoms with Crippen molar-refractivity contribution in [3.63, 3.8) is 0 Å². The third-order valence-corrected chi connectivity index (χ3v) is 5.24. The number of aromatic amines is 1. The number of benzene rings is 2. The van der Waals surface area contributed by atoms with Crippen molar-refractivity contribution >= 4 is 34.0 Å². The largest absolute Gasteiger partial charge is 0.434 e. The molecule has 0 saturated heterocycles. The van der Waals surface area contributed by atoms with Crippen molar-refractivity contribution in [3.05, 3.63) is 90.0 Å². The molecule has 0 aliphatic carbocycles. The quantitative estimate of drug-likeness (QED) is 0.408. The number of alkyl halides is 3. The van der Waals surface area contributed by atoms with Gasteiger partial charge in [-0.05, 0) is 36.4 Å². The van der Waals surface area contributed by atoms with E-state index in [1.165, 1.54) is 36.7 Å². The minimum absolute atomic E-state index is 0.0920. The van der Waals surface area contributed by atoms with E-state index in [1.54, 1.807) is 30.3 Å². The van der Waals surface area contributed by atoms with Gasteiger partial charge in [0.05, 0.1) is 17.4 Å². The number of anilines is 2. The van der Waals surface area contributed by atoms with Gasteiger partial charge < -0.3 is 10.6 Å². The van der Waals surface area contributed by atoms with Gasteiger partial charge in [-0.3, -0.25) is 14.7 Å². The minimum Gasteiger partial charge on any atom is -0.322 e. The molecule has 0 fully saturated rings. The third kappa shape index (κ3) is 3.62. The number of aromatic nitrogens is 4. The molecule has 34 heavy (non-hydrogen) atoms. The molecule has 0 radical (unpaired) electrons. The summed E-state index contributed by atoms with van der Waals surface area (Å²) >= 11 is 0. The van der Waals surface area contributed by atoms with E-state index < -0.39 is 23.3 Å². The van der Waals surface area contributed by atoms with Gasteiger partial charge >= 0.3 is 6.18 Å². The van der Waals surface area contributed by atoms with Crippen LogP contribution in [-0.4, -0.2) is 31.8 Å². The Balaban J connectivity index is 1.63. The van der Waals surface area contributed by atoms with Gasteiger partial charge in [0.15, 0.2) is 5.69 Å². The number of carbonyl (C=O) groups is 2. The van der Waals surface area contributed by atoms with E-state index in [1.807, 2.05) is 0 Å². The standard InChI is InChI=1S/C23H15F3N6O2/c24-23(25,26)20-16(22(34)30-13-4-1-2-10-27-28-11-9-13)12-29-32(20)18-8-7-17-19-14(18)5-3-6-15(19)21(33)31-17/h1-12,28H,(H,30,34)(H,31,33). The molecular formula is C23H15F3N6O2. The highest BCUT2D eigenvalue weighted by Crippen LogP contribution is 2.39. The Morgan fingerprint density at radius 2 is 1.88 bits per heavy atom. The van der Waals surface area contributed by atoms with E-state index >= 15 is 0 Å². The molecular weight excluding hydrogens is 449 g/mol. The van der Waals surface area contributed by atoms with Crippen LogP contribution in [0.5, 0.6) is 0 Å². The summed E-state index contributed by atoms with van der Waals surface area (Å²) in [6, 6.07) is 13.9. The predicted octanol–water partition coefficient (Wildman–Crippen LogP) is 4.71. The average molecular weight is 464 g/mol. The van der Waals surface area contributed by atoms with Gasteiger partial charge in [-0.1, -0.05) is 18.2 Å². The molecule has 1 aliphatic heterocycles. The Bertz CT molecular complexity index is 1480. The molecule has 8 nitrogen and oxygen atoms in total. The second-order valence-corrected chi connectivity index (χ2v) is 7.33. The number of nitrogens with zero attached hydrogens (tertiary/aromatic N) is 3. The molecule has 3 N–H and O–H groups in total. The van der Waals surface area contributed by atoms with Gasteiger partial charge in [-0.25, -0.2) is 4.68 Å². The molecule has 0 spiro atoms. The summed E-state index contributed by atoms with van der Waals surface area (Å²) in [5.74, 6) is -1.31. The van der Waals surface area contributed by atoms with E-state index in [4.69, 9.17) is 0 Å². The first-order chi connectivity index (χ1) is 16.3. The summed E-state index contributed by atoms with van der Waals surface area (Å²) in [5, 5.41) is 16.4. The van der Waals surface area contributed by atoms with Crippen LogP contribution in [-0.2, 0) is 6.18 Å². The first-order valence-electron chi connectivity index (χ1n) is 10.0. The van der Waals surface area contributed by atoms with Gasteiger partial charge in [-0.2, -0.15) is 23.4 Å². The highest BCUT2D eigenvalue weighted by Gasteiger charge is 2.41. The fraction of sp³-hybridized carbons (Fsp3) is 0.0435. The van der Waals surface area contributed by atoms with Crippen LogP contribution in [0.4, 0.5) is 24.5 Å². The molecule has 1 aliphatic rings. The lowest BCUT2D eigenvalue weighted by atomic mass is 10.0. The molecule has 0 saturated carbocycles. The molecule has 2 amide bonds. The Hall–Kier alpha value is -4.67. The van der Waals surface area contributed by atoms with E-state index in [-0.39, 0.29) is 17.3 Å². The molecule has 5 rings (SSSR count). The zero-order valence-corrected chi connectivity index (χ0v) is 17.2. The van der Waals surface area contributed by atoms with Crippen molar-refractivity contribution in [2.45, 2.75) is 6.18 Å². The minimum atomic E-state index is -4.89. The molecule has 11 heteroatoms. The monoisotopic (exact) mass is 464 g/mol. The van der Waals surface area contributed by atoms with E-state index in [0.717, 1.165) is 6.20 Å². The summed E-state index contributed by atoms with van der Waals surface area (Å²) in [4.78, 5) is 25.0. The van der Waals surface area contributed by atoms with Crippen LogP contribution < -0.4 is 10.6 Å². The second kappa shape index (κ2) is 8.03. The Labute approximate surface area is 189 Å². The Morgan fingerprint density at radius 1 is 1.03 bits per heavy atom. The van der Waals surface area contributed by atoms with Gasteiger partial charge in [0, 0.05) is 40.1 Å². The van der Waals surface area contributed by atoms with Crippen molar-refractivity contribution < 1.29 is 22.8 Å². The summed E-state index contributed by atoms with van der Waals surface area (Å²) in [6.07, 6.45) is -1.12. The topological polar surface area (TPSA) is 105 Å². The SMILES string of the molecule is O=C(Nc1ccccn[nH]cc1)c1cnn(-c2ccc3c4c(cccc24)C(=O)N3)c1C(F)(F)F. The maximum atomic E-state index is 14.2. The fourth-order valence-electron chi connectivity index (χ4n) is 3.83. The lowest BCUT2D eigenvalue weighted by Crippen LogP contribution is -2.20. The molecule has 170 valence electrons. The Kier molecular flexibility index (Phi) is 5.01. The number of carbonyl (C=O) groups excluding carboxylic acids is 2. The van der Waals surface area contributed by atoms with Gasteiger partial charge in [0.25, 0.3) is 11.8 Å². The van der Waals surface area contributed by atoms with Crippen LogP contribution in [0.25, 0.3) is 16.5 Å². The molecule has 0 atom stereocenters. The highest BCUT2D eigenvalue weighted by molar-refractivity contribution is 6.25. The third-order valence-electron chi connectivity index (χ3n) is 5.24. The maximum absolute atomic E-state index is 14.2. The Morgan fingerprint density at radius 3 is 2.71 bits per heavy atom. The second-order valence-electron chi connectivity index (χ2n) is 7.33. The molecule has 0 bridgehead atoms. The first kappa shape index (κ1) is 21.2. The van der Waals surface area contributed by atoms with Gasteiger partial charge in [0.2, 0.25) is 0 Å². The summed E-state index contributed by atoms with van der Waals surface area (Å²) in [5.41, 5.74) is -0.676. The molecule has 0 unspecified atom stereocenters. The van der Waals surface area contributed by atoms with E-state index in [0.29, 0.717) is 26.7 Å². The molecule has 4 aromatic rings.